The number of nitrogens with two attached hydrogens (primary N) is 2. The molecule has 0 radical (unpaired) electrons. The van der Waals surface area contributed by atoms with Gasteiger partial charge in [-0.05, 0) is 12.1 Å². The molecule has 3 rings (SSSR count). The van der Waals surface area contributed by atoms with E-state index in [1.807, 2.05) is 0 Å². The van der Waals surface area contributed by atoms with Gasteiger partial charge >= 0.3 is 17.6 Å². The lowest BCUT2D eigenvalue weighted by Gasteiger charge is -2.18. The number of hydrogen-bond donors (Lipinski definition) is 2. The molecule has 2 heterocycles. The molecule has 2 aromatic rings. The Labute approximate surface area is 170 Å². The fraction of sp³-hybridized carbons (Fsp3) is 0.368. The summed E-state index contributed by atoms with van der Waals surface area (Å²) >= 11 is 0. The average Bonchev–Trinajstić information content (AvgIpc) is 3.02. The first-order chi connectivity index (χ1) is 14.3. The number of anilines is 1. The summed E-state index contributed by atoms with van der Waals surface area (Å²) in [4.78, 5) is 39.4. The van der Waals surface area contributed by atoms with Crippen LogP contribution in [0.5, 0.6) is 0 Å². The molecule has 1 saturated heterocycles. The number of benzene rings is 1. The SMILES string of the molecule is CC(=O)O[C@H]1[C@H](F)[C@H](n2cc(CN)c(N)nc2=O)O[C@@H]1COC(=O)c1ccccc1. The van der Waals surface area contributed by atoms with Gasteiger partial charge in [-0.3, -0.25) is 9.36 Å². The highest BCUT2D eigenvalue weighted by Gasteiger charge is 2.49. The molecule has 1 aliphatic rings. The van der Waals surface area contributed by atoms with Crippen molar-refractivity contribution in [3.8, 4) is 0 Å². The Balaban J connectivity index is 1.82. The van der Waals surface area contributed by atoms with Crippen LogP contribution in [0.1, 0.15) is 29.1 Å². The zero-order chi connectivity index (χ0) is 21.8. The van der Waals surface area contributed by atoms with E-state index < -0.39 is 48.8 Å². The molecule has 160 valence electrons. The van der Waals surface area contributed by atoms with Gasteiger partial charge in [0.1, 0.15) is 18.5 Å². The lowest BCUT2D eigenvalue weighted by atomic mass is 10.1. The minimum absolute atomic E-state index is 0.0335. The number of aromatic nitrogens is 2. The Morgan fingerprint density at radius 2 is 2.00 bits per heavy atom. The summed E-state index contributed by atoms with van der Waals surface area (Å²) in [6.45, 7) is 0.675. The molecule has 4 N–H and O–H groups in total. The maximum Gasteiger partial charge on any atom is 0.351 e. The molecule has 0 bridgehead atoms. The van der Waals surface area contributed by atoms with E-state index in [2.05, 4.69) is 4.98 Å². The third kappa shape index (κ3) is 4.47. The summed E-state index contributed by atoms with van der Waals surface area (Å²) in [5, 5.41) is 0. The number of carbonyl (C=O) groups excluding carboxylic acids is 2. The number of alkyl halides is 1. The lowest BCUT2D eigenvalue weighted by molar-refractivity contribution is -0.152. The number of esters is 2. The second-order valence-corrected chi connectivity index (χ2v) is 6.59. The van der Waals surface area contributed by atoms with Crippen LogP contribution in [-0.4, -0.2) is 46.5 Å². The van der Waals surface area contributed by atoms with Crippen LogP contribution in [0.25, 0.3) is 0 Å². The molecule has 30 heavy (non-hydrogen) atoms. The average molecular weight is 420 g/mol. The summed E-state index contributed by atoms with van der Waals surface area (Å²) in [5.41, 5.74) is 10.9. The fourth-order valence-electron chi connectivity index (χ4n) is 3.06. The first kappa shape index (κ1) is 21.4. The Bertz CT molecular complexity index is 983. The predicted molar refractivity (Wildman–Crippen MR) is 102 cm³/mol. The highest BCUT2D eigenvalue weighted by Crippen LogP contribution is 2.33. The van der Waals surface area contributed by atoms with E-state index in [-0.39, 0.29) is 12.4 Å². The monoisotopic (exact) mass is 420 g/mol. The Hall–Kier alpha value is -3.31. The van der Waals surface area contributed by atoms with Crippen LogP contribution in [0.3, 0.4) is 0 Å². The molecule has 0 amide bonds. The smallest absolute Gasteiger partial charge is 0.351 e. The van der Waals surface area contributed by atoms with Crippen molar-refractivity contribution in [2.24, 2.45) is 5.73 Å². The molecule has 11 heteroatoms. The third-order valence-electron chi connectivity index (χ3n) is 4.51. The standard InChI is InChI=1S/C19H21FN4O6/c1-10(25)29-15-13(9-28-18(26)11-5-3-2-4-6-11)30-17(14(15)20)24-8-12(7-21)16(22)23-19(24)27/h2-6,8,13-15,17H,7,9,21H2,1H3,(H2,22,23,27)/t13-,14+,15-,17-/m1/s1. The molecule has 0 saturated carbocycles. The van der Waals surface area contributed by atoms with Crippen LogP contribution < -0.4 is 17.2 Å². The van der Waals surface area contributed by atoms with Gasteiger partial charge in [-0.15, -0.1) is 0 Å². The van der Waals surface area contributed by atoms with Crippen molar-refractivity contribution in [1.29, 1.82) is 0 Å². The summed E-state index contributed by atoms with van der Waals surface area (Å²) in [5.74, 6) is -1.48. The van der Waals surface area contributed by atoms with Crippen molar-refractivity contribution in [3.05, 3.63) is 58.1 Å². The first-order valence-corrected chi connectivity index (χ1v) is 9.08. The van der Waals surface area contributed by atoms with Crippen molar-refractivity contribution in [3.63, 3.8) is 0 Å². The van der Waals surface area contributed by atoms with Crippen LogP contribution >= 0.6 is 0 Å². The van der Waals surface area contributed by atoms with Gasteiger partial charge in [-0.1, -0.05) is 18.2 Å². The molecule has 10 nitrogen and oxygen atoms in total. The van der Waals surface area contributed by atoms with Gasteiger partial charge in [-0.25, -0.2) is 14.0 Å². The minimum atomic E-state index is -1.93. The Morgan fingerprint density at radius 1 is 1.30 bits per heavy atom. The minimum Gasteiger partial charge on any atom is -0.459 e. The predicted octanol–water partition coefficient (Wildman–Crippen LogP) is 0.308. The zero-order valence-electron chi connectivity index (χ0n) is 16.1. The highest BCUT2D eigenvalue weighted by atomic mass is 19.1. The van der Waals surface area contributed by atoms with Gasteiger partial charge < -0.3 is 25.7 Å². The Kier molecular flexibility index (Phi) is 6.43. The van der Waals surface area contributed by atoms with Gasteiger partial charge in [0, 0.05) is 25.2 Å². The molecule has 0 unspecified atom stereocenters. The van der Waals surface area contributed by atoms with Crippen molar-refractivity contribution in [2.75, 3.05) is 12.3 Å². The second kappa shape index (κ2) is 9.01. The molecule has 0 spiro atoms. The third-order valence-corrected chi connectivity index (χ3v) is 4.51. The summed E-state index contributed by atoms with van der Waals surface area (Å²) in [6.07, 6.45) is -4.71. The molecular formula is C19H21FN4O6. The lowest BCUT2D eigenvalue weighted by Crippen LogP contribution is -2.37. The number of nitrogen functional groups attached to an aromatic ring is 1. The topological polar surface area (TPSA) is 149 Å². The van der Waals surface area contributed by atoms with E-state index in [0.717, 1.165) is 11.5 Å². The van der Waals surface area contributed by atoms with Crippen LogP contribution in [0, 0.1) is 0 Å². The van der Waals surface area contributed by atoms with E-state index >= 15 is 4.39 Å². The molecule has 0 aliphatic carbocycles. The van der Waals surface area contributed by atoms with Gasteiger partial charge in [-0.2, -0.15) is 4.98 Å². The van der Waals surface area contributed by atoms with Crippen molar-refractivity contribution in [1.82, 2.24) is 9.55 Å². The largest absolute Gasteiger partial charge is 0.459 e. The highest BCUT2D eigenvalue weighted by molar-refractivity contribution is 5.89. The maximum atomic E-state index is 15.1. The molecule has 4 atom stereocenters. The van der Waals surface area contributed by atoms with Gasteiger partial charge in [0.05, 0.1) is 5.56 Å². The van der Waals surface area contributed by atoms with E-state index in [0.29, 0.717) is 11.1 Å². The zero-order valence-corrected chi connectivity index (χ0v) is 16.1. The second-order valence-electron chi connectivity index (χ2n) is 6.59. The van der Waals surface area contributed by atoms with Crippen molar-refractivity contribution < 1.29 is 28.2 Å². The summed E-state index contributed by atoms with van der Waals surface area (Å²) in [6, 6.07) is 8.16. The normalized spacial score (nSPS) is 23.2. The van der Waals surface area contributed by atoms with Gasteiger partial charge in [0.2, 0.25) is 0 Å². The molecule has 1 aromatic heterocycles. The van der Waals surface area contributed by atoms with Gasteiger partial charge in [0.25, 0.3) is 0 Å². The molecule has 1 aliphatic heterocycles. The van der Waals surface area contributed by atoms with E-state index in [1.165, 1.54) is 6.20 Å². The van der Waals surface area contributed by atoms with E-state index in [1.54, 1.807) is 30.3 Å². The van der Waals surface area contributed by atoms with E-state index in [4.69, 9.17) is 25.7 Å². The number of ether oxygens (including phenoxy) is 3. The van der Waals surface area contributed by atoms with Gasteiger partial charge in [0.15, 0.2) is 18.5 Å². The van der Waals surface area contributed by atoms with Crippen LogP contribution in [0.4, 0.5) is 10.2 Å². The number of halogens is 1. The van der Waals surface area contributed by atoms with Crippen LogP contribution in [-0.2, 0) is 25.5 Å². The van der Waals surface area contributed by atoms with Crippen molar-refractivity contribution >= 4 is 17.8 Å². The number of hydrogen-bond acceptors (Lipinski definition) is 9. The van der Waals surface area contributed by atoms with Crippen molar-refractivity contribution in [2.45, 2.75) is 38.1 Å². The number of carbonyl (C=O) groups is 2. The van der Waals surface area contributed by atoms with E-state index in [9.17, 15) is 14.4 Å². The molecule has 1 aromatic carbocycles. The fourth-order valence-corrected chi connectivity index (χ4v) is 3.06. The quantitative estimate of drug-likeness (QED) is 0.630. The number of nitrogens with zero attached hydrogens (tertiary/aromatic N) is 2. The van der Waals surface area contributed by atoms with Crippen LogP contribution in [0.2, 0.25) is 0 Å². The summed E-state index contributed by atoms with van der Waals surface area (Å²) < 4.78 is 31.8. The summed E-state index contributed by atoms with van der Waals surface area (Å²) in [7, 11) is 0. The maximum absolute atomic E-state index is 15.1. The molecule has 1 fully saturated rings. The first-order valence-electron chi connectivity index (χ1n) is 9.08. The Morgan fingerprint density at radius 3 is 2.63 bits per heavy atom. The van der Waals surface area contributed by atoms with Crippen LogP contribution in [0.15, 0.2) is 41.3 Å². The number of rotatable bonds is 6. The molecular weight excluding hydrogens is 399 g/mol.